The van der Waals surface area contributed by atoms with Gasteiger partial charge in [-0.1, -0.05) is 11.6 Å². The van der Waals surface area contributed by atoms with Crippen LogP contribution in [-0.4, -0.2) is 13.7 Å². The Labute approximate surface area is 101 Å². The van der Waals surface area contributed by atoms with Crippen LogP contribution in [0.15, 0.2) is 11.6 Å². The molecule has 0 aliphatic heterocycles. The third-order valence-electron chi connectivity index (χ3n) is 1.85. The first-order chi connectivity index (χ1) is 7.09. The molecule has 0 bridgehead atoms. The first-order valence-electron chi connectivity index (χ1n) is 4.26. The molecule has 0 aliphatic carbocycles. The summed E-state index contributed by atoms with van der Waals surface area (Å²) in [5, 5.41) is 6.57. The van der Waals surface area contributed by atoms with E-state index in [2.05, 4.69) is 19.0 Å². The van der Waals surface area contributed by atoms with E-state index < -0.39 is 0 Å². The molecule has 0 saturated carbocycles. The van der Waals surface area contributed by atoms with E-state index in [1.54, 1.807) is 17.5 Å². The molecule has 7 heteroatoms. The second-order valence-corrected chi connectivity index (χ2v) is 5.27. The van der Waals surface area contributed by atoms with Gasteiger partial charge >= 0.3 is 0 Å². The zero-order valence-electron chi connectivity index (χ0n) is 8.19. The number of halogens is 1. The molecule has 2 aromatic rings. The van der Waals surface area contributed by atoms with E-state index in [1.165, 1.54) is 0 Å². The van der Waals surface area contributed by atoms with Gasteiger partial charge in [0.1, 0.15) is 5.01 Å². The number of nitrogens with one attached hydrogen (secondary N) is 1. The predicted molar refractivity (Wildman–Crippen MR) is 63.7 cm³/mol. The van der Waals surface area contributed by atoms with Crippen LogP contribution in [-0.2, 0) is 5.54 Å². The Morgan fingerprint density at radius 2 is 2.20 bits per heavy atom. The fourth-order valence-electron chi connectivity index (χ4n) is 1.13. The Kier molecular flexibility index (Phi) is 2.90. The number of hydrogen-bond donors (Lipinski definition) is 1. The summed E-state index contributed by atoms with van der Waals surface area (Å²) in [5.74, 6) is 0.613. The highest BCUT2D eigenvalue weighted by Crippen LogP contribution is 2.29. The summed E-state index contributed by atoms with van der Waals surface area (Å²) in [6.45, 7) is 4.06. The van der Waals surface area contributed by atoms with Crippen molar-refractivity contribution in [2.75, 3.05) is 5.32 Å². The smallest absolute Gasteiger partial charge is 0.186 e. The van der Waals surface area contributed by atoms with Crippen LogP contribution in [0.2, 0.25) is 5.15 Å². The van der Waals surface area contributed by atoms with Crippen molar-refractivity contribution in [2.45, 2.75) is 19.4 Å². The van der Waals surface area contributed by atoms with Crippen LogP contribution in [0.25, 0.3) is 0 Å². The van der Waals surface area contributed by atoms with Crippen LogP contribution in [0.5, 0.6) is 0 Å². The van der Waals surface area contributed by atoms with Crippen molar-refractivity contribution in [3.8, 4) is 0 Å². The highest BCUT2D eigenvalue weighted by atomic mass is 35.5. The first-order valence-corrected chi connectivity index (χ1v) is 6.24. The van der Waals surface area contributed by atoms with E-state index in [0.717, 1.165) is 16.7 Å². The molecular formula is C8H9ClN4S2. The number of nitrogens with zero attached hydrogens (tertiary/aromatic N) is 3. The van der Waals surface area contributed by atoms with Crippen molar-refractivity contribution in [3.63, 3.8) is 0 Å². The predicted octanol–water partition coefficient (Wildman–Crippen LogP) is 3.00. The molecule has 2 aromatic heterocycles. The maximum absolute atomic E-state index is 5.86. The Hall–Kier alpha value is -0.720. The highest BCUT2D eigenvalue weighted by Gasteiger charge is 2.25. The lowest BCUT2D eigenvalue weighted by Crippen LogP contribution is -2.28. The van der Waals surface area contributed by atoms with Crippen molar-refractivity contribution in [3.05, 3.63) is 21.7 Å². The normalized spacial score (nSPS) is 11.7. The van der Waals surface area contributed by atoms with Crippen LogP contribution < -0.4 is 5.32 Å². The van der Waals surface area contributed by atoms with Gasteiger partial charge in [-0.2, -0.15) is 8.75 Å². The monoisotopic (exact) mass is 260 g/mol. The maximum atomic E-state index is 5.86. The van der Waals surface area contributed by atoms with Gasteiger partial charge in [-0.15, -0.1) is 11.3 Å². The Bertz CT molecular complexity index is 437. The molecule has 0 saturated heterocycles. The third-order valence-corrected chi connectivity index (χ3v) is 3.84. The van der Waals surface area contributed by atoms with Crippen molar-refractivity contribution in [1.29, 1.82) is 0 Å². The second kappa shape index (κ2) is 4.03. The van der Waals surface area contributed by atoms with Crippen LogP contribution in [0, 0.1) is 0 Å². The van der Waals surface area contributed by atoms with Crippen LogP contribution in [0.1, 0.15) is 18.9 Å². The van der Waals surface area contributed by atoms with Crippen LogP contribution >= 0.6 is 34.7 Å². The van der Waals surface area contributed by atoms with E-state index in [0.29, 0.717) is 11.0 Å². The minimum atomic E-state index is -0.284. The molecular weight excluding hydrogens is 252 g/mol. The number of aromatic nitrogens is 3. The van der Waals surface area contributed by atoms with E-state index in [-0.39, 0.29) is 5.54 Å². The average molecular weight is 261 g/mol. The number of thiazole rings is 1. The van der Waals surface area contributed by atoms with Crippen LogP contribution in [0.4, 0.5) is 5.82 Å². The van der Waals surface area contributed by atoms with E-state index in [1.807, 2.05) is 19.2 Å². The highest BCUT2D eigenvalue weighted by molar-refractivity contribution is 7.09. The van der Waals surface area contributed by atoms with E-state index in [9.17, 15) is 0 Å². The molecule has 2 rings (SSSR count). The Morgan fingerprint density at radius 3 is 2.73 bits per heavy atom. The van der Waals surface area contributed by atoms with Crippen molar-refractivity contribution in [1.82, 2.24) is 13.7 Å². The fraction of sp³-hybridized carbons (Fsp3) is 0.375. The molecule has 0 aliphatic rings. The minimum absolute atomic E-state index is 0.284. The van der Waals surface area contributed by atoms with Crippen molar-refractivity contribution < 1.29 is 0 Å². The molecule has 4 nitrogen and oxygen atoms in total. The minimum Gasteiger partial charge on any atom is -0.355 e. The second-order valence-electron chi connectivity index (χ2n) is 3.49. The molecule has 2 heterocycles. The molecule has 0 unspecified atom stereocenters. The molecule has 0 spiro atoms. The molecule has 80 valence electrons. The van der Waals surface area contributed by atoms with Gasteiger partial charge in [0.2, 0.25) is 0 Å². The Balaban J connectivity index is 2.22. The van der Waals surface area contributed by atoms with Gasteiger partial charge in [-0.3, -0.25) is 0 Å². The molecule has 0 amide bonds. The molecule has 0 aromatic carbocycles. The first kappa shape index (κ1) is 10.8. The summed E-state index contributed by atoms with van der Waals surface area (Å²) < 4.78 is 7.97. The average Bonchev–Trinajstić information content (AvgIpc) is 2.77. The van der Waals surface area contributed by atoms with Gasteiger partial charge in [0.05, 0.1) is 17.3 Å². The Morgan fingerprint density at radius 1 is 1.40 bits per heavy atom. The molecule has 0 atom stereocenters. The maximum Gasteiger partial charge on any atom is 0.186 e. The standard InChI is InChI=1S/C8H9ClN4S2/c1-8(2,7-10-3-4-14-7)11-6-5(9)12-15-13-6/h3-4H,1-2H3,(H,11,13). The summed E-state index contributed by atoms with van der Waals surface area (Å²) >= 11 is 8.55. The summed E-state index contributed by atoms with van der Waals surface area (Å²) in [7, 11) is 0. The lowest BCUT2D eigenvalue weighted by molar-refractivity contribution is 0.602. The van der Waals surface area contributed by atoms with Crippen molar-refractivity contribution in [2.24, 2.45) is 0 Å². The molecule has 15 heavy (non-hydrogen) atoms. The summed E-state index contributed by atoms with van der Waals surface area (Å²) in [6.07, 6.45) is 1.78. The molecule has 0 radical (unpaired) electrons. The van der Waals surface area contributed by atoms with Gasteiger partial charge in [0.25, 0.3) is 0 Å². The van der Waals surface area contributed by atoms with Gasteiger partial charge < -0.3 is 5.32 Å². The summed E-state index contributed by atoms with van der Waals surface area (Å²) in [6, 6.07) is 0. The molecule has 1 N–H and O–H groups in total. The van der Waals surface area contributed by atoms with Crippen molar-refractivity contribution >= 4 is 40.5 Å². The zero-order valence-corrected chi connectivity index (χ0v) is 10.6. The lowest BCUT2D eigenvalue weighted by atomic mass is 10.1. The van der Waals surface area contributed by atoms with Gasteiger partial charge in [-0.05, 0) is 13.8 Å². The van der Waals surface area contributed by atoms with Gasteiger partial charge in [0, 0.05) is 11.6 Å². The summed E-state index contributed by atoms with van der Waals surface area (Å²) in [5.41, 5.74) is -0.284. The zero-order chi connectivity index (χ0) is 10.9. The fourth-order valence-corrected chi connectivity index (χ4v) is 2.50. The SMILES string of the molecule is CC(C)(Nc1nsnc1Cl)c1nccs1. The lowest BCUT2D eigenvalue weighted by Gasteiger charge is -2.23. The topological polar surface area (TPSA) is 50.7 Å². The molecule has 0 fully saturated rings. The number of anilines is 1. The van der Waals surface area contributed by atoms with Crippen LogP contribution in [0.3, 0.4) is 0 Å². The number of rotatable bonds is 3. The van der Waals surface area contributed by atoms with Gasteiger partial charge in [-0.25, -0.2) is 4.98 Å². The third kappa shape index (κ3) is 2.27. The summed E-state index contributed by atoms with van der Waals surface area (Å²) in [4.78, 5) is 4.27. The van der Waals surface area contributed by atoms with E-state index in [4.69, 9.17) is 11.6 Å². The van der Waals surface area contributed by atoms with Gasteiger partial charge in [0.15, 0.2) is 11.0 Å². The van der Waals surface area contributed by atoms with E-state index >= 15 is 0 Å². The largest absolute Gasteiger partial charge is 0.355 e. The quantitative estimate of drug-likeness (QED) is 0.922. The number of hydrogen-bond acceptors (Lipinski definition) is 6.